The molecule has 11 nitrogen and oxygen atoms in total. The number of anilines is 1. The number of nitro benzene ring substituents is 1. The maximum Gasteiger partial charge on any atom is 0.328 e. The lowest BCUT2D eigenvalue weighted by molar-refractivity contribution is -0.384. The quantitative estimate of drug-likeness (QED) is 0.215. The normalized spacial score (nSPS) is 11.6. The number of hydrogen-bond donors (Lipinski definition) is 2. The van der Waals surface area contributed by atoms with Crippen LogP contribution in [0.15, 0.2) is 65.1 Å². The molecule has 36 heavy (non-hydrogen) atoms. The summed E-state index contributed by atoms with van der Waals surface area (Å²) in [6.07, 6.45) is 0. The number of fused-ring (bicyclic) bond motifs is 3. The first-order valence-electron chi connectivity index (χ1n) is 10.8. The molecule has 0 aliphatic heterocycles. The number of carbonyl (C=O) groups excluding carboxylic acids is 3. The van der Waals surface area contributed by atoms with Crippen LogP contribution in [0.3, 0.4) is 0 Å². The first-order chi connectivity index (χ1) is 17.3. The zero-order chi connectivity index (χ0) is 25.8. The molecular weight excluding hydrogens is 470 g/mol. The molecule has 184 valence electrons. The second kappa shape index (κ2) is 10.1. The molecule has 0 aliphatic carbocycles. The van der Waals surface area contributed by atoms with Gasteiger partial charge in [0.2, 0.25) is 0 Å². The van der Waals surface area contributed by atoms with Gasteiger partial charge in [-0.15, -0.1) is 0 Å². The van der Waals surface area contributed by atoms with Crippen molar-refractivity contribution in [1.29, 1.82) is 0 Å². The molecule has 0 fully saturated rings. The highest BCUT2D eigenvalue weighted by molar-refractivity contribution is 6.08. The predicted molar refractivity (Wildman–Crippen MR) is 130 cm³/mol. The number of para-hydroxylation sites is 1. The predicted octanol–water partition coefficient (Wildman–Crippen LogP) is 3.80. The zero-order valence-corrected chi connectivity index (χ0v) is 19.3. The van der Waals surface area contributed by atoms with E-state index in [1.165, 1.54) is 32.2 Å². The number of amides is 2. The number of furan rings is 1. The van der Waals surface area contributed by atoms with Crippen molar-refractivity contribution in [3.05, 3.63) is 76.3 Å². The van der Waals surface area contributed by atoms with Crippen LogP contribution in [0.2, 0.25) is 0 Å². The van der Waals surface area contributed by atoms with Gasteiger partial charge in [0.05, 0.1) is 17.7 Å². The van der Waals surface area contributed by atoms with Gasteiger partial charge >= 0.3 is 5.97 Å². The fourth-order valence-electron chi connectivity index (χ4n) is 3.57. The van der Waals surface area contributed by atoms with Crippen molar-refractivity contribution >= 4 is 51.1 Å². The number of ether oxygens (including phenoxy) is 2. The summed E-state index contributed by atoms with van der Waals surface area (Å²) in [4.78, 5) is 47.3. The van der Waals surface area contributed by atoms with Crippen LogP contribution >= 0.6 is 0 Å². The van der Waals surface area contributed by atoms with E-state index in [2.05, 4.69) is 10.6 Å². The van der Waals surface area contributed by atoms with Gasteiger partial charge in [-0.1, -0.05) is 24.3 Å². The summed E-state index contributed by atoms with van der Waals surface area (Å²) in [6.45, 7) is 0.755. The number of benzene rings is 3. The first-order valence-corrected chi connectivity index (χ1v) is 10.8. The van der Waals surface area contributed by atoms with E-state index in [4.69, 9.17) is 13.9 Å². The van der Waals surface area contributed by atoms with Crippen LogP contribution in [-0.4, -0.2) is 42.5 Å². The summed E-state index contributed by atoms with van der Waals surface area (Å²) in [7, 11) is 1.46. The number of methoxy groups -OCH3 is 1. The summed E-state index contributed by atoms with van der Waals surface area (Å²) in [5.41, 5.74) is 1.31. The number of non-ortho nitro benzene ring substituents is 1. The Labute approximate surface area is 204 Å². The maximum atomic E-state index is 12.4. The molecule has 2 amide bonds. The highest BCUT2D eigenvalue weighted by Crippen LogP contribution is 2.36. The molecule has 0 saturated carbocycles. The molecular formula is C25H21N3O8. The number of hydrogen-bond acceptors (Lipinski definition) is 8. The number of nitrogens with zero attached hydrogens (tertiary/aromatic N) is 1. The second-order valence-corrected chi connectivity index (χ2v) is 7.81. The van der Waals surface area contributed by atoms with Crippen molar-refractivity contribution in [1.82, 2.24) is 5.32 Å². The fraction of sp³-hybridized carbons (Fsp3) is 0.160. The SMILES string of the molecule is COc1cc2c(cc1NC(=O)COC(=O)[C@H](C)NC(=O)c1cccc([N+](=O)[O-])c1)oc1ccccc12. The molecule has 2 N–H and O–H groups in total. The van der Waals surface area contributed by atoms with E-state index in [9.17, 15) is 24.5 Å². The average molecular weight is 491 g/mol. The van der Waals surface area contributed by atoms with Gasteiger partial charge in [-0.2, -0.15) is 0 Å². The van der Waals surface area contributed by atoms with E-state index in [-0.39, 0.29) is 11.3 Å². The van der Waals surface area contributed by atoms with Crippen LogP contribution in [0.5, 0.6) is 5.75 Å². The molecule has 11 heteroatoms. The number of nitrogens with one attached hydrogen (secondary N) is 2. The van der Waals surface area contributed by atoms with Gasteiger partial charge in [0.15, 0.2) is 6.61 Å². The lowest BCUT2D eigenvalue weighted by Gasteiger charge is -2.14. The van der Waals surface area contributed by atoms with Crippen LogP contribution < -0.4 is 15.4 Å². The van der Waals surface area contributed by atoms with Gasteiger partial charge in [0.25, 0.3) is 17.5 Å². The standard InChI is InChI=1S/C25H21N3O8/c1-14(26-24(30)15-6-5-7-16(10-15)28(32)33)25(31)35-13-23(29)27-19-12-21-18(11-22(19)34-2)17-8-3-4-9-20(17)36-21/h3-12,14H,13H2,1-2H3,(H,26,30)(H,27,29)/t14-/m0/s1. The molecule has 4 rings (SSSR count). The second-order valence-electron chi connectivity index (χ2n) is 7.81. The Bertz CT molecular complexity index is 1490. The third-order valence-electron chi connectivity index (χ3n) is 5.34. The fourth-order valence-corrected chi connectivity index (χ4v) is 3.57. The summed E-state index contributed by atoms with van der Waals surface area (Å²) in [5.74, 6) is -1.79. The Kier molecular flexibility index (Phi) is 6.81. The van der Waals surface area contributed by atoms with Gasteiger partial charge in [-0.05, 0) is 25.1 Å². The van der Waals surface area contributed by atoms with Gasteiger partial charge in [0, 0.05) is 34.5 Å². The minimum Gasteiger partial charge on any atom is -0.495 e. The molecule has 1 aromatic heterocycles. The van der Waals surface area contributed by atoms with Crippen molar-refractivity contribution in [2.75, 3.05) is 19.0 Å². The topological polar surface area (TPSA) is 150 Å². The van der Waals surface area contributed by atoms with E-state index in [1.807, 2.05) is 24.3 Å². The van der Waals surface area contributed by atoms with Crippen molar-refractivity contribution in [2.45, 2.75) is 13.0 Å². The minimum absolute atomic E-state index is 0.00895. The average Bonchev–Trinajstić information content (AvgIpc) is 3.23. The lowest BCUT2D eigenvalue weighted by atomic mass is 10.1. The van der Waals surface area contributed by atoms with E-state index < -0.39 is 35.4 Å². The van der Waals surface area contributed by atoms with E-state index in [0.717, 1.165) is 16.8 Å². The third-order valence-corrected chi connectivity index (χ3v) is 5.34. The summed E-state index contributed by atoms with van der Waals surface area (Å²) >= 11 is 0. The van der Waals surface area contributed by atoms with Gasteiger partial charge in [-0.3, -0.25) is 19.7 Å². The molecule has 0 saturated heterocycles. The van der Waals surface area contributed by atoms with Gasteiger partial charge < -0.3 is 24.5 Å². The molecule has 0 radical (unpaired) electrons. The number of carbonyl (C=O) groups is 3. The van der Waals surface area contributed by atoms with Gasteiger partial charge in [-0.25, -0.2) is 4.79 Å². The van der Waals surface area contributed by atoms with Crippen molar-refractivity contribution in [3.8, 4) is 5.75 Å². The molecule has 4 aromatic rings. The zero-order valence-electron chi connectivity index (χ0n) is 19.3. The molecule has 0 unspecified atom stereocenters. The summed E-state index contributed by atoms with van der Waals surface area (Å²) in [6, 6.07) is 14.8. The molecule has 0 bridgehead atoms. The summed E-state index contributed by atoms with van der Waals surface area (Å²) in [5, 5.41) is 17.6. The minimum atomic E-state index is -1.11. The smallest absolute Gasteiger partial charge is 0.328 e. The Morgan fingerprint density at radius 3 is 2.56 bits per heavy atom. The van der Waals surface area contributed by atoms with Gasteiger partial charge in [0.1, 0.15) is 23.0 Å². The Morgan fingerprint density at radius 1 is 1.03 bits per heavy atom. The van der Waals surface area contributed by atoms with Crippen LogP contribution in [0.4, 0.5) is 11.4 Å². The van der Waals surface area contributed by atoms with Crippen molar-refractivity contribution < 1.29 is 33.2 Å². The third kappa shape index (κ3) is 5.09. The summed E-state index contributed by atoms with van der Waals surface area (Å²) < 4.78 is 16.2. The van der Waals surface area contributed by atoms with Crippen LogP contribution in [0.1, 0.15) is 17.3 Å². The Balaban J connectivity index is 1.37. The van der Waals surface area contributed by atoms with E-state index >= 15 is 0 Å². The number of nitro groups is 1. The number of rotatable bonds is 8. The monoisotopic (exact) mass is 491 g/mol. The van der Waals surface area contributed by atoms with Crippen LogP contribution in [0.25, 0.3) is 21.9 Å². The Hall–Kier alpha value is -4.93. The lowest BCUT2D eigenvalue weighted by Crippen LogP contribution is -2.40. The number of esters is 1. The van der Waals surface area contributed by atoms with Crippen LogP contribution in [0, 0.1) is 10.1 Å². The molecule has 1 atom stereocenters. The largest absolute Gasteiger partial charge is 0.495 e. The van der Waals surface area contributed by atoms with Crippen molar-refractivity contribution in [3.63, 3.8) is 0 Å². The molecule has 3 aromatic carbocycles. The molecule has 0 spiro atoms. The first kappa shape index (κ1) is 24.2. The van der Waals surface area contributed by atoms with E-state index in [0.29, 0.717) is 22.6 Å². The highest BCUT2D eigenvalue weighted by atomic mass is 16.6. The van der Waals surface area contributed by atoms with Crippen LogP contribution in [-0.2, 0) is 14.3 Å². The molecule has 0 aliphatic rings. The Morgan fingerprint density at radius 2 is 1.81 bits per heavy atom. The molecule has 1 heterocycles. The van der Waals surface area contributed by atoms with E-state index in [1.54, 1.807) is 12.1 Å². The highest BCUT2D eigenvalue weighted by Gasteiger charge is 2.21. The van der Waals surface area contributed by atoms with Crippen molar-refractivity contribution in [2.24, 2.45) is 0 Å². The maximum absolute atomic E-state index is 12.4.